The van der Waals surface area contributed by atoms with Crippen molar-refractivity contribution in [2.75, 3.05) is 6.54 Å². The van der Waals surface area contributed by atoms with Gasteiger partial charge in [0, 0.05) is 30.5 Å². The quantitative estimate of drug-likeness (QED) is 0.633. The smallest absolute Gasteiger partial charge is 0.349 e. The van der Waals surface area contributed by atoms with E-state index >= 15 is 0 Å². The number of halogens is 3. The Morgan fingerprint density at radius 3 is 2.38 bits per heavy atom. The molecule has 0 saturated carbocycles. The number of benzene rings is 1. The second-order valence-corrected chi connectivity index (χ2v) is 6.01. The largest absolute Gasteiger partial charge is 0.416 e. The fourth-order valence-electron chi connectivity index (χ4n) is 2.95. The average Bonchev–Trinajstić information content (AvgIpc) is 2.91. The Bertz CT molecular complexity index is 828. The third-order valence-corrected chi connectivity index (χ3v) is 4.28. The molecule has 0 radical (unpaired) electrons. The maximum Gasteiger partial charge on any atom is 0.416 e. The zero-order valence-electron chi connectivity index (χ0n) is 13.6. The number of hydrogen-bond donors (Lipinski definition) is 2. The van der Waals surface area contributed by atoms with Gasteiger partial charge in [-0.25, -0.2) is 5.48 Å². The predicted octanol–water partition coefficient (Wildman–Crippen LogP) is 2.67. The van der Waals surface area contributed by atoms with Crippen molar-refractivity contribution >= 4 is 11.8 Å². The molecule has 0 saturated heterocycles. The van der Waals surface area contributed by atoms with Gasteiger partial charge in [-0.15, -0.1) is 0 Å². The Balaban J connectivity index is 1.80. The highest BCUT2D eigenvalue weighted by Gasteiger charge is 2.30. The van der Waals surface area contributed by atoms with Crippen molar-refractivity contribution in [1.82, 2.24) is 14.9 Å². The fourth-order valence-corrected chi connectivity index (χ4v) is 2.95. The molecule has 3 rings (SSSR count). The lowest BCUT2D eigenvalue weighted by molar-refractivity contribution is -0.137. The van der Waals surface area contributed by atoms with Crippen molar-refractivity contribution in [3.63, 3.8) is 0 Å². The normalized spacial score (nSPS) is 14.5. The van der Waals surface area contributed by atoms with E-state index < -0.39 is 17.6 Å². The number of hydroxylamine groups is 1. The molecular formula is C17H16F3N3O3. The van der Waals surface area contributed by atoms with Crippen molar-refractivity contribution in [2.24, 2.45) is 0 Å². The summed E-state index contributed by atoms with van der Waals surface area (Å²) in [6.45, 7) is 1.26. The van der Waals surface area contributed by atoms with Gasteiger partial charge < -0.3 is 9.47 Å². The summed E-state index contributed by atoms with van der Waals surface area (Å²) in [7, 11) is 0. The molecule has 2 heterocycles. The molecule has 1 aromatic heterocycles. The molecule has 0 bridgehead atoms. The number of carbonyl (C=O) groups excluding carboxylic acids is 2. The van der Waals surface area contributed by atoms with Gasteiger partial charge in [0.25, 0.3) is 11.8 Å². The molecular weight excluding hydrogens is 351 g/mol. The van der Waals surface area contributed by atoms with Crippen LogP contribution < -0.4 is 5.48 Å². The molecule has 9 heteroatoms. The summed E-state index contributed by atoms with van der Waals surface area (Å²) in [6.07, 6.45) is -2.23. The van der Waals surface area contributed by atoms with Crippen molar-refractivity contribution in [2.45, 2.75) is 25.7 Å². The summed E-state index contributed by atoms with van der Waals surface area (Å²) in [4.78, 5) is 25.7. The van der Waals surface area contributed by atoms with Gasteiger partial charge in [0.15, 0.2) is 0 Å². The maximum atomic E-state index is 12.6. The van der Waals surface area contributed by atoms with Crippen LogP contribution in [0.3, 0.4) is 0 Å². The van der Waals surface area contributed by atoms with Crippen LogP contribution in [0.4, 0.5) is 13.2 Å². The first-order valence-electron chi connectivity index (χ1n) is 7.89. The number of nitrogens with one attached hydrogen (secondary N) is 1. The molecule has 0 spiro atoms. The van der Waals surface area contributed by atoms with Crippen LogP contribution in [0.2, 0.25) is 0 Å². The van der Waals surface area contributed by atoms with E-state index in [-0.39, 0.29) is 23.6 Å². The van der Waals surface area contributed by atoms with Crippen LogP contribution in [0.15, 0.2) is 36.5 Å². The van der Waals surface area contributed by atoms with Crippen LogP contribution in [-0.2, 0) is 19.3 Å². The standard InChI is InChI=1S/C17H16F3N3O3/c18-17(19,20)13-4-2-11(3-5-13)16(25)23-7-1-6-22-9-12(15(24)21-26)8-14(22)10-23/h2-5,8-9,26H,1,6-7,10H2,(H,21,24). The van der Waals surface area contributed by atoms with E-state index in [1.807, 2.05) is 4.57 Å². The number of fused-ring (bicyclic) bond motifs is 1. The van der Waals surface area contributed by atoms with Gasteiger partial charge in [-0.3, -0.25) is 14.8 Å². The molecule has 26 heavy (non-hydrogen) atoms. The highest BCUT2D eigenvalue weighted by Crippen LogP contribution is 2.29. The number of rotatable bonds is 2. The summed E-state index contributed by atoms with van der Waals surface area (Å²) >= 11 is 0. The van der Waals surface area contributed by atoms with Gasteiger partial charge in [0.2, 0.25) is 0 Å². The molecule has 1 aliphatic rings. The van der Waals surface area contributed by atoms with E-state index in [0.717, 1.165) is 12.1 Å². The van der Waals surface area contributed by atoms with Gasteiger partial charge in [-0.2, -0.15) is 13.2 Å². The fraction of sp³-hybridized carbons (Fsp3) is 0.294. The van der Waals surface area contributed by atoms with Crippen LogP contribution in [0.25, 0.3) is 0 Å². The minimum atomic E-state index is -4.45. The van der Waals surface area contributed by atoms with E-state index in [1.54, 1.807) is 17.7 Å². The molecule has 2 N–H and O–H groups in total. The molecule has 2 aromatic rings. The molecule has 0 atom stereocenters. The van der Waals surface area contributed by atoms with Crippen LogP contribution in [0, 0.1) is 0 Å². The first-order chi connectivity index (χ1) is 12.3. The lowest BCUT2D eigenvalue weighted by Gasteiger charge is -2.20. The topological polar surface area (TPSA) is 74.6 Å². The first kappa shape index (κ1) is 18.0. The highest BCUT2D eigenvalue weighted by molar-refractivity contribution is 5.95. The third-order valence-electron chi connectivity index (χ3n) is 4.28. The van der Waals surface area contributed by atoms with Crippen molar-refractivity contribution < 1.29 is 28.0 Å². The average molecular weight is 367 g/mol. The Morgan fingerprint density at radius 2 is 1.77 bits per heavy atom. The van der Waals surface area contributed by atoms with Gasteiger partial charge in [-0.05, 0) is 36.8 Å². The Hall–Kier alpha value is -2.81. The molecule has 6 nitrogen and oxygen atoms in total. The lowest BCUT2D eigenvalue weighted by atomic mass is 10.1. The summed E-state index contributed by atoms with van der Waals surface area (Å²) in [5, 5.41) is 8.72. The van der Waals surface area contributed by atoms with Crippen LogP contribution >= 0.6 is 0 Å². The van der Waals surface area contributed by atoms with Crippen LogP contribution in [-0.4, -0.2) is 33.0 Å². The lowest BCUT2D eigenvalue weighted by Crippen LogP contribution is -2.30. The van der Waals surface area contributed by atoms with Crippen molar-refractivity contribution in [3.05, 3.63) is 58.9 Å². The van der Waals surface area contributed by atoms with E-state index in [2.05, 4.69) is 0 Å². The number of carbonyl (C=O) groups is 2. The summed E-state index contributed by atoms with van der Waals surface area (Å²) in [6, 6.07) is 5.68. The maximum absolute atomic E-state index is 12.6. The Labute approximate surface area is 146 Å². The van der Waals surface area contributed by atoms with Gasteiger partial charge in [0.1, 0.15) is 0 Å². The Kier molecular flexibility index (Phi) is 4.73. The van der Waals surface area contributed by atoms with Crippen molar-refractivity contribution in [1.29, 1.82) is 0 Å². The molecule has 2 amide bonds. The van der Waals surface area contributed by atoms with Gasteiger partial charge >= 0.3 is 6.18 Å². The summed E-state index contributed by atoms with van der Waals surface area (Å²) < 4.78 is 39.8. The van der Waals surface area contributed by atoms with Gasteiger partial charge in [0.05, 0.1) is 17.7 Å². The molecule has 0 fully saturated rings. The van der Waals surface area contributed by atoms with E-state index in [1.165, 1.54) is 17.0 Å². The molecule has 138 valence electrons. The number of nitrogens with zero attached hydrogens (tertiary/aromatic N) is 2. The third kappa shape index (κ3) is 3.57. The second kappa shape index (κ2) is 6.83. The SMILES string of the molecule is O=C(NO)c1cc2n(c1)CCCN(C(=O)c1ccc(C(F)(F)F)cc1)C2. The molecule has 0 unspecified atom stereocenters. The number of hydrogen-bond acceptors (Lipinski definition) is 3. The molecule has 0 aliphatic carbocycles. The van der Waals surface area contributed by atoms with E-state index in [4.69, 9.17) is 5.21 Å². The zero-order chi connectivity index (χ0) is 18.9. The molecule has 1 aliphatic heterocycles. The number of aromatic nitrogens is 1. The molecule has 1 aromatic carbocycles. The van der Waals surface area contributed by atoms with E-state index in [9.17, 15) is 22.8 Å². The first-order valence-corrected chi connectivity index (χ1v) is 7.89. The summed E-state index contributed by atoms with van der Waals surface area (Å²) in [5.74, 6) is -1.02. The minimum Gasteiger partial charge on any atom is -0.349 e. The minimum absolute atomic E-state index is 0.173. The highest BCUT2D eigenvalue weighted by atomic mass is 19.4. The summed E-state index contributed by atoms with van der Waals surface area (Å²) in [5.41, 5.74) is 1.90. The monoisotopic (exact) mass is 367 g/mol. The zero-order valence-corrected chi connectivity index (χ0v) is 13.6. The van der Waals surface area contributed by atoms with Crippen molar-refractivity contribution in [3.8, 4) is 0 Å². The van der Waals surface area contributed by atoms with Crippen LogP contribution in [0.5, 0.6) is 0 Å². The second-order valence-electron chi connectivity index (χ2n) is 6.01. The van der Waals surface area contributed by atoms with E-state index in [0.29, 0.717) is 25.2 Å². The Morgan fingerprint density at radius 1 is 1.08 bits per heavy atom. The van der Waals surface area contributed by atoms with Crippen LogP contribution in [0.1, 0.15) is 38.4 Å². The predicted molar refractivity (Wildman–Crippen MR) is 84.5 cm³/mol. The van der Waals surface area contributed by atoms with Gasteiger partial charge in [-0.1, -0.05) is 0 Å². The number of alkyl halides is 3. The number of aryl methyl sites for hydroxylation is 1. The number of amides is 2.